The fourth-order valence-electron chi connectivity index (χ4n) is 2.00. The first-order valence-corrected chi connectivity index (χ1v) is 8.82. The molecular formula is C16H12IN3O3S. The number of hydrogen-bond acceptors (Lipinski definition) is 5. The molecular weight excluding hydrogens is 441 g/mol. The normalized spacial score (nSPS) is 10.4. The van der Waals surface area contributed by atoms with Gasteiger partial charge in [-0.15, -0.1) is 11.3 Å². The molecule has 8 heteroatoms. The highest BCUT2D eigenvalue weighted by Gasteiger charge is 2.13. The zero-order valence-corrected chi connectivity index (χ0v) is 15.5. The number of carbonyl (C=O) groups is 2. The second-order valence-corrected chi connectivity index (χ2v) is 6.90. The molecule has 1 aromatic carbocycles. The summed E-state index contributed by atoms with van der Waals surface area (Å²) < 4.78 is 5.72. The molecule has 1 amide bonds. The smallest absolute Gasteiger partial charge is 0.354 e. The number of benzene rings is 1. The van der Waals surface area contributed by atoms with E-state index >= 15 is 0 Å². The Morgan fingerprint density at radius 2 is 2.04 bits per heavy atom. The molecule has 0 bridgehead atoms. The van der Waals surface area contributed by atoms with Gasteiger partial charge in [0.1, 0.15) is 5.69 Å². The quantitative estimate of drug-likeness (QED) is 0.465. The van der Waals surface area contributed by atoms with Crippen molar-refractivity contribution in [2.75, 3.05) is 12.4 Å². The number of aromatic amines is 1. The van der Waals surface area contributed by atoms with Gasteiger partial charge >= 0.3 is 5.97 Å². The van der Waals surface area contributed by atoms with Crippen molar-refractivity contribution in [3.63, 3.8) is 0 Å². The summed E-state index contributed by atoms with van der Waals surface area (Å²) in [6, 6.07) is 8.93. The van der Waals surface area contributed by atoms with Gasteiger partial charge in [0.15, 0.2) is 5.13 Å². The molecule has 0 atom stereocenters. The predicted octanol–water partition coefficient (Wildman–Crippen LogP) is 3.78. The van der Waals surface area contributed by atoms with Crippen LogP contribution in [0.25, 0.3) is 11.3 Å². The lowest BCUT2D eigenvalue weighted by atomic mass is 10.2. The molecule has 0 fully saturated rings. The summed E-state index contributed by atoms with van der Waals surface area (Å²) >= 11 is 3.50. The van der Waals surface area contributed by atoms with Crippen molar-refractivity contribution in [1.29, 1.82) is 0 Å². The van der Waals surface area contributed by atoms with Crippen LogP contribution in [-0.4, -0.2) is 29.0 Å². The Balaban J connectivity index is 1.73. The largest absolute Gasteiger partial charge is 0.464 e. The summed E-state index contributed by atoms with van der Waals surface area (Å²) in [6.45, 7) is 0. The minimum Gasteiger partial charge on any atom is -0.464 e. The maximum Gasteiger partial charge on any atom is 0.354 e. The van der Waals surface area contributed by atoms with Gasteiger partial charge in [-0.2, -0.15) is 0 Å². The first-order valence-electron chi connectivity index (χ1n) is 6.86. The molecule has 0 spiro atoms. The molecule has 0 unspecified atom stereocenters. The van der Waals surface area contributed by atoms with E-state index in [2.05, 4.69) is 42.6 Å². The van der Waals surface area contributed by atoms with Crippen molar-refractivity contribution >= 4 is 50.9 Å². The molecule has 3 rings (SSSR count). The van der Waals surface area contributed by atoms with Gasteiger partial charge in [-0.3, -0.25) is 10.1 Å². The van der Waals surface area contributed by atoms with Gasteiger partial charge < -0.3 is 9.72 Å². The van der Waals surface area contributed by atoms with Gasteiger partial charge in [-0.25, -0.2) is 9.78 Å². The molecule has 2 N–H and O–H groups in total. The predicted molar refractivity (Wildman–Crippen MR) is 100 cm³/mol. The number of amides is 1. The number of ether oxygens (including phenoxy) is 1. The third-order valence-electron chi connectivity index (χ3n) is 3.22. The van der Waals surface area contributed by atoms with Crippen LogP contribution in [-0.2, 0) is 4.74 Å². The second kappa shape index (κ2) is 7.14. The zero-order chi connectivity index (χ0) is 17.1. The molecule has 6 nitrogen and oxygen atoms in total. The Bertz CT molecular complexity index is 886. The summed E-state index contributed by atoms with van der Waals surface area (Å²) in [4.78, 5) is 30.9. The van der Waals surface area contributed by atoms with Crippen molar-refractivity contribution in [1.82, 2.24) is 9.97 Å². The van der Waals surface area contributed by atoms with E-state index in [4.69, 9.17) is 0 Å². The molecule has 0 aliphatic heterocycles. The van der Waals surface area contributed by atoms with Gasteiger partial charge in [-0.1, -0.05) is 0 Å². The fourth-order valence-corrected chi connectivity index (χ4v) is 3.08. The Labute approximate surface area is 155 Å². The number of halogens is 1. The molecule has 2 aromatic heterocycles. The summed E-state index contributed by atoms with van der Waals surface area (Å²) in [7, 11) is 1.32. The molecule has 0 saturated heterocycles. The standard InChI is InChI=1S/C16H12IN3O3S/c1-23-15(22)12-6-10(7-18-12)13-8-24-16(19-13)20-14(21)9-2-4-11(17)5-3-9/h2-8,18H,1H3,(H,19,20,21). The first kappa shape index (κ1) is 16.7. The Kier molecular flexibility index (Phi) is 4.95. The molecule has 0 aliphatic carbocycles. The number of rotatable bonds is 4. The molecule has 2 heterocycles. The topological polar surface area (TPSA) is 84.1 Å². The summed E-state index contributed by atoms with van der Waals surface area (Å²) in [5.74, 6) is -0.652. The highest BCUT2D eigenvalue weighted by molar-refractivity contribution is 14.1. The molecule has 24 heavy (non-hydrogen) atoms. The van der Waals surface area contributed by atoms with Crippen LogP contribution in [0.2, 0.25) is 0 Å². The number of anilines is 1. The minimum atomic E-state index is -0.441. The number of nitrogens with one attached hydrogen (secondary N) is 2. The van der Waals surface area contributed by atoms with Crippen LogP contribution >= 0.6 is 33.9 Å². The van der Waals surface area contributed by atoms with Crippen molar-refractivity contribution < 1.29 is 14.3 Å². The summed E-state index contributed by atoms with van der Waals surface area (Å²) in [6.07, 6.45) is 1.67. The van der Waals surface area contributed by atoms with E-state index in [0.717, 1.165) is 9.13 Å². The van der Waals surface area contributed by atoms with Crippen LogP contribution in [0.1, 0.15) is 20.8 Å². The third kappa shape index (κ3) is 3.65. The van der Waals surface area contributed by atoms with Crippen molar-refractivity contribution in [3.05, 3.63) is 56.7 Å². The number of carbonyl (C=O) groups excluding carboxylic acids is 2. The minimum absolute atomic E-state index is 0.211. The zero-order valence-electron chi connectivity index (χ0n) is 12.5. The van der Waals surface area contributed by atoms with Gasteiger partial charge in [-0.05, 0) is 52.9 Å². The SMILES string of the molecule is COC(=O)c1cc(-c2csc(NC(=O)c3ccc(I)cc3)n2)c[nH]1. The molecule has 0 saturated carbocycles. The van der Waals surface area contributed by atoms with Gasteiger partial charge in [0.2, 0.25) is 0 Å². The maximum absolute atomic E-state index is 12.2. The van der Waals surface area contributed by atoms with Gasteiger partial charge in [0.25, 0.3) is 5.91 Å². The van der Waals surface area contributed by atoms with Crippen LogP contribution in [0.3, 0.4) is 0 Å². The van der Waals surface area contributed by atoms with Gasteiger partial charge in [0, 0.05) is 26.3 Å². The van der Waals surface area contributed by atoms with Crippen molar-refractivity contribution in [2.24, 2.45) is 0 Å². The van der Waals surface area contributed by atoms with E-state index in [1.54, 1.807) is 24.4 Å². The second-order valence-electron chi connectivity index (χ2n) is 4.79. The van der Waals surface area contributed by atoms with Crippen LogP contribution in [0.4, 0.5) is 5.13 Å². The monoisotopic (exact) mass is 453 g/mol. The highest BCUT2D eigenvalue weighted by atomic mass is 127. The van der Waals surface area contributed by atoms with E-state index in [-0.39, 0.29) is 5.91 Å². The maximum atomic E-state index is 12.2. The number of nitrogens with zero attached hydrogens (tertiary/aromatic N) is 1. The lowest BCUT2D eigenvalue weighted by Crippen LogP contribution is -2.11. The average molecular weight is 453 g/mol. The van der Waals surface area contributed by atoms with Crippen LogP contribution in [0.15, 0.2) is 41.9 Å². The number of methoxy groups -OCH3 is 1. The van der Waals surface area contributed by atoms with E-state index < -0.39 is 5.97 Å². The van der Waals surface area contributed by atoms with Gasteiger partial charge in [0.05, 0.1) is 12.8 Å². The third-order valence-corrected chi connectivity index (χ3v) is 4.69. The van der Waals surface area contributed by atoms with Crippen LogP contribution in [0.5, 0.6) is 0 Å². The van der Waals surface area contributed by atoms with E-state index in [1.807, 2.05) is 17.5 Å². The van der Waals surface area contributed by atoms with Crippen LogP contribution < -0.4 is 5.32 Å². The highest BCUT2D eigenvalue weighted by Crippen LogP contribution is 2.26. The number of H-pyrrole nitrogens is 1. The van der Waals surface area contributed by atoms with E-state index in [0.29, 0.717) is 22.1 Å². The van der Waals surface area contributed by atoms with Crippen LogP contribution in [0, 0.1) is 3.57 Å². The number of thiazole rings is 1. The summed E-state index contributed by atoms with van der Waals surface area (Å²) in [5, 5.41) is 5.08. The van der Waals surface area contributed by atoms with Crippen molar-refractivity contribution in [3.8, 4) is 11.3 Å². The van der Waals surface area contributed by atoms with E-state index in [1.165, 1.54) is 18.4 Å². The Hall–Kier alpha value is -2.20. The molecule has 0 aliphatic rings. The van der Waals surface area contributed by atoms with Crippen molar-refractivity contribution in [2.45, 2.75) is 0 Å². The molecule has 122 valence electrons. The lowest BCUT2D eigenvalue weighted by Gasteiger charge is -2.01. The first-order chi connectivity index (χ1) is 11.6. The molecule has 0 radical (unpaired) electrons. The lowest BCUT2D eigenvalue weighted by molar-refractivity contribution is 0.0594. The van der Waals surface area contributed by atoms with E-state index in [9.17, 15) is 9.59 Å². The fraction of sp³-hybridized carbons (Fsp3) is 0.0625. The average Bonchev–Trinajstić information content (AvgIpc) is 3.23. The molecule has 3 aromatic rings. The number of aromatic nitrogens is 2. The Morgan fingerprint density at radius 3 is 2.75 bits per heavy atom. The Morgan fingerprint density at radius 1 is 1.29 bits per heavy atom. The number of esters is 1. The summed E-state index contributed by atoms with van der Waals surface area (Å²) in [5.41, 5.74) is 2.34. The number of hydrogen-bond donors (Lipinski definition) is 2.